The molecule has 1 aliphatic carbocycles. The average Bonchev–Trinajstić information content (AvgIpc) is 3.41. The Balaban J connectivity index is 1.34. The molecule has 192 valence electrons. The molecule has 6 nitrogen and oxygen atoms in total. The van der Waals surface area contributed by atoms with Gasteiger partial charge in [-0.3, -0.25) is 4.79 Å². The van der Waals surface area contributed by atoms with Crippen molar-refractivity contribution in [2.45, 2.75) is 38.0 Å². The number of carbonyl (C=O) groups excluding carboxylic acids is 2. The summed E-state index contributed by atoms with van der Waals surface area (Å²) in [4.78, 5) is 27.3. The first-order valence-electron chi connectivity index (χ1n) is 13.0. The van der Waals surface area contributed by atoms with E-state index < -0.39 is 11.9 Å². The number of allylic oxidation sites excluding steroid dienone is 3. The molecule has 38 heavy (non-hydrogen) atoms. The number of carbonyl (C=O) groups is 2. The van der Waals surface area contributed by atoms with Crippen LogP contribution < -0.4 is 14.8 Å². The van der Waals surface area contributed by atoms with E-state index in [-0.39, 0.29) is 25.1 Å². The average molecular weight is 508 g/mol. The smallest absolute Gasteiger partial charge is 0.336 e. The predicted octanol–water partition coefficient (Wildman–Crippen LogP) is 5.56. The van der Waals surface area contributed by atoms with Crippen molar-refractivity contribution in [1.82, 2.24) is 5.32 Å². The quantitative estimate of drug-likeness (QED) is 0.440. The van der Waals surface area contributed by atoms with Crippen LogP contribution in [0.4, 0.5) is 0 Å². The molecule has 0 bridgehead atoms. The first kappa shape index (κ1) is 24.0. The number of dihydropyridines is 1. The first-order valence-corrected chi connectivity index (χ1v) is 13.0. The predicted molar refractivity (Wildman–Crippen MR) is 143 cm³/mol. The lowest BCUT2D eigenvalue weighted by Crippen LogP contribution is -2.36. The van der Waals surface area contributed by atoms with E-state index in [2.05, 4.69) is 17.4 Å². The zero-order chi connectivity index (χ0) is 26.1. The van der Waals surface area contributed by atoms with Crippen LogP contribution in [0.25, 0.3) is 0 Å². The molecule has 2 unspecified atom stereocenters. The number of nitrogens with one attached hydrogen (secondary N) is 1. The van der Waals surface area contributed by atoms with E-state index in [0.717, 1.165) is 22.4 Å². The second-order valence-electron chi connectivity index (χ2n) is 9.91. The molecule has 2 heterocycles. The van der Waals surface area contributed by atoms with Gasteiger partial charge in [0, 0.05) is 35.7 Å². The number of Topliss-reactive ketones (excluding diaryl/α,β-unsaturated/α-hetero) is 1. The van der Waals surface area contributed by atoms with E-state index >= 15 is 0 Å². The fraction of sp³-hybridized carbons (Fsp3) is 0.250. The maximum atomic E-state index is 13.8. The van der Waals surface area contributed by atoms with Gasteiger partial charge in [-0.1, -0.05) is 66.7 Å². The summed E-state index contributed by atoms with van der Waals surface area (Å²) in [5, 5.41) is 3.42. The van der Waals surface area contributed by atoms with Gasteiger partial charge in [0.05, 0.1) is 12.2 Å². The first-order chi connectivity index (χ1) is 18.6. The Morgan fingerprint density at radius 1 is 0.921 bits per heavy atom. The van der Waals surface area contributed by atoms with Crippen LogP contribution >= 0.6 is 0 Å². The summed E-state index contributed by atoms with van der Waals surface area (Å²) < 4.78 is 16.9. The van der Waals surface area contributed by atoms with Crippen molar-refractivity contribution in [2.75, 3.05) is 13.4 Å². The normalized spacial score (nSPS) is 20.2. The van der Waals surface area contributed by atoms with Gasteiger partial charge in [-0.2, -0.15) is 0 Å². The third-order valence-electron chi connectivity index (χ3n) is 7.52. The molecule has 0 amide bonds. The fourth-order valence-corrected chi connectivity index (χ4v) is 5.68. The third kappa shape index (κ3) is 4.58. The monoisotopic (exact) mass is 507 g/mol. The van der Waals surface area contributed by atoms with Crippen molar-refractivity contribution in [1.29, 1.82) is 0 Å². The molecule has 0 saturated heterocycles. The van der Waals surface area contributed by atoms with Crippen LogP contribution in [0.1, 0.15) is 48.3 Å². The molecule has 6 heteroatoms. The summed E-state index contributed by atoms with van der Waals surface area (Å²) >= 11 is 0. The highest BCUT2D eigenvalue weighted by Crippen LogP contribution is 2.47. The second kappa shape index (κ2) is 10.2. The van der Waals surface area contributed by atoms with E-state index in [9.17, 15) is 9.59 Å². The Morgan fingerprint density at radius 3 is 2.45 bits per heavy atom. The molecule has 6 rings (SSSR count). The van der Waals surface area contributed by atoms with Gasteiger partial charge in [-0.15, -0.1) is 0 Å². The molecule has 0 aromatic heterocycles. The number of benzene rings is 3. The highest BCUT2D eigenvalue weighted by molar-refractivity contribution is 6.04. The van der Waals surface area contributed by atoms with Crippen molar-refractivity contribution in [3.63, 3.8) is 0 Å². The summed E-state index contributed by atoms with van der Waals surface area (Å²) in [6, 6.07) is 25.7. The minimum atomic E-state index is -0.547. The van der Waals surface area contributed by atoms with Crippen molar-refractivity contribution in [3.05, 3.63) is 118 Å². The van der Waals surface area contributed by atoms with Crippen molar-refractivity contribution in [2.24, 2.45) is 0 Å². The number of fused-ring (bicyclic) bond motifs is 1. The summed E-state index contributed by atoms with van der Waals surface area (Å²) in [5.41, 5.74) is 5.72. The number of rotatable bonds is 6. The van der Waals surface area contributed by atoms with Gasteiger partial charge >= 0.3 is 5.97 Å². The van der Waals surface area contributed by atoms with Gasteiger partial charge in [0.2, 0.25) is 6.79 Å². The van der Waals surface area contributed by atoms with Crippen LogP contribution in [0.2, 0.25) is 0 Å². The maximum Gasteiger partial charge on any atom is 0.336 e. The molecule has 3 aromatic rings. The van der Waals surface area contributed by atoms with Crippen molar-refractivity contribution < 1.29 is 23.8 Å². The highest BCUT2D eigenvalue weighted by Gasteiger charge is 2.41. The molecule has 3 aliphatic rings. The molecule has 0 radical (unpaired) electrons. The second-order valence-corrected chi connectivity index (χ2v) is 9.91. The molecule has 2 atom stereocenters. The molecule has 0 spiro atoms. The Bertz CT molecular complexity index is 1440. The minimum absolute atomic E-state index is 0.0392. The van der Waals surface area contributed by atoms with Crippen LogP contribution in [0.3, 0.4) is 0 Å². The maximum absolute atomic E-state index is 13.8. The largest absolute Gasteiger partial charge is 0.462 e. The molecule has 0 saturated carbocycles. The third-order valence-corrected chi connectivity index (χ3v) is 7.52. The van der Waals surface area contributed by atoms with Gasteiger partial charge in [-0.25, -0.2) is 4.79 Å². The van der Waals surface area contributed by atoms with Gasteiger partial charge in [-0.05, 0) is 48.1 Å². The molecular weight excluding hydrogens is 478 g/mol. The number of hydrogen-bond acceptors (Lipinski definition) is 6. The van der Waals surface area contributed by atoms with E-state index in [1.165, 1.54) is 0 Å². The lowest BCUT2D eigenvalue weighted by atomic mass is 9.71. The van der Waals surface area contributed by atoms with Gasteiger partial charge in [0.15, 0.2) is 17.3 Å². The summed E-state index contributed by atoms with van der Waals surface area (Å²) in [6.07, 6.45) is 1.70. The molecule has 3 aromatic carbocycles. The minimum Gasteiger partial charge on any atom is -0.462 e. The van der Waals surface area contributed by atoms with E-state index in [1.54, 1.807) is 0 Å². The van der Waals surface area contributed by atoms with Crippen LogP contribution in [-0.2, 0) is 20.7 Å². The summed E-state index contributed by atoms with van der Waals surface area (Å²) in [7, 11) is 0. The standard InChI is InChI=1S/C32H29NO5/c1-20-29(32(35)36-15-14-21-8-4-2-5-9-21)30(23-12-13-27-28(18-23)38-19-37-27)31-25(33-20)16-24(17-26(31)34)22-10-6-3-7-11-22/h2-13,18,24,30,33H,14-17,19H2,1H3. The Labute approximate surface area is 221 Å². The van der Waals surface area contributed by atoms with E-state index in [4.69, 9.17) is 14.2 Å². The van der Waals surface area contributed by atoms with Gasteiger partial charge in [0.25, 0.3) is 0 Å². The molecular formula is C32H29NO5. The lowest BCUT2D eigenvalue weighted by Gasteiger charge is -2.36. The molecule has 2 aliphatic heterocycles. The summed E-state index contributed by atoms with van der Waals surface area (Å²) in [5.74, 6) is 0.427. The number of esters is 1. The number of ketones is 1. The SMILES string of the molecule is CC1=C(C(=O)OCCc2ccccc2)C(c2ccc3c(c2)OCO3)C2=C(CC(c3ccccc3)CC2=O)N1. The topological polar surface area (TPSA) is 73.9 Å². The van der Waals surface area contributed by atoms with Crippen molar-refractivity contribution in [3.8, 4) is 11.5 Å². The number of hydrogen-bond donors (Lipinski definition) is 1. The highest BCUT2D eigenvalue weighted by atomic mass is 16.7. The van der Waals surface area contributed by atoms with Crippen LogP contribution in [0, 0.1) is 0 Å². The molecule has 1 N–H and O–H groups in total. The molecule has 0 fully saturated rings. The van der Waals surface area contributed by atoms with Crippen LogP contribution in [0.5, 0.6) is 11.5 Å². The zero-order valence-corrected chi connectivity index (χ0v) is 21.2. The van der Waals surface area contributed by atoms with Gasteiger partial charge in [0.1, 0.15) is 0 Å². The van der Waals surface area contributed by atoms with E-state index in [1.807, 2.05) is 73.7 Å². The fourth-order valence-electron chi connectivity index (χ4n) is 5.68. The summed E-state index contributed by atoms with van der Waals surface area (Å²) in [6.45, 7) is 2.29. The van der Waals surface area contributed by atoms with Crippen LogP contribution in [-0.4, -0.2) is 25.2 Å². The Kier molecular flexibility index (Phi) is 6.46. The zero-order valence-electron chi connectivity index (χ0n) is 21.2. The Morgan fingerprint density at radius 2 is 1.66 bits per heavy atom. The van der Waals surface area contributed by atoms with Crippen LogP contribution in [0.15, 0.2) is 101 Å². The Hall–Kier alpha value is -4.32. The lowest BCUT2D eigenvalue weighted by molar-refractivity contribution is -0.139. The number of ether oxygens (including phenoxy) is 3. The van der Waals surface area contributed by atoms with E-state index in [0.29, 0.717) is 47.6 Å². The van der Waals surface area contributed by atoms with Crippen molar-refractivity contribution >= 4 is 11.8 Å². The van der Waals surface area contributed by atoms with Gasteiger partial charge < -0.3 is 19.5 Å².